The van der Waals surface area contributed by atoms with Crippen molar-refractivity contribution >= 4 is 23.3 Å². The number of aromatic amines is 1. The number of carboxylic acids is 1. The molecular formula is C11H11N5O3. The Hall–Kier alpha value is -2.90. The van der Waals surface area contributed by atoms with Crippen molar-refractivity contribution in [3.05, 3.63) is 35.7 Å². The Morgan fingerprint density at radius 2 is 2.16 bits per heavy atom. The van der Waals surface area contributed by atoms with E-state index >= 15 is 0 Å². The van der Waals surface area contributed by atoms with Gasteiger partial charge < -0.3 is 15.7 Å². The Balaban J connectivity index is 2.32. The molecule has 8 nitrogen and oxygen atoms in total. The van der Waals surface area contributed by atoms with Crippen LogP contribution in [0.4, 0.5) is 11.4 Å². The molecule has 0 saturated carbocycles. The van der Waals surface area contributed by atoms with Gasteiger partial charge in [-0.3, -0.25) is 4.79 Å². The Morgan fingerprint density at radius 1 is 1.42 bits per heavy atom. The molecule has 0 fully saturated rings. The number of nitrogens with one attached hydrogen (secondary N) is 1. The van der Waals surface area contributed by atoms with Crippen LogP contribution in [0, 0.1) is 0 Å². The monoisotopic (exact) mass is 261 g/mol. The normalized spacial score (nSPS) is 10.2. The van der Waals surface area contributed by atoms with E-state index in [9.17, 15) is 9.59 Å². The number of hydrogen-bond acceptors (Lipinski definition) is 5. The number of nitrogen functional groups attached to an aromatic ring is 1. The molecule has 0 aliphatic rings. The molecule has 98 valence electrons. The minimum Gasteiger partial charge on any atom is -0.478 e. The van der Waals surface area contributed by atoms with Crippen LogP contribution in [0.25, 0.3) is 0 Å². The van der Waals surface area contributed by atoms with Crippen LogP contribution in [-0.4, -0.2) is 39.4 Å². The van der Waals surface area contributed by atoms with Crippen LogP contribution in [0.15, 0.2) is 24.4 Å². The van der Waals surface area contributed by atoms with E-state index in [4.69, 9.17) is 10.8 Å². The zero-order valence-electron chi connectivity index (χ0n) is 9.99. The summed E-state index contributed by atoms with van der Waals surface area (Å²) in [6.45, 7) is 0. The van der Waals surface area contributed by atoms with Crippen LogP contribution in [0.5, 0.6) is 0 Å². The highest BCUT2D eigenvalue weighted by Gasteiger charge is 2.18. The number of nitrogens with zero attached hydrogens (tertiary/aromatic N) is 3. The number of anilines is 2. The largest absolute Gasteiger partial charge is 0.478 e. The van der Waals surface area contributed by atoms with E-state index < -0.39 is 11.9 Å². The van der Waals surface area contributed by atoms with Gasteiger partial charge in [-0.05, 0) is 18.2 Å². The number of benzene rings is 1. The summed E-state index contributed by atoms with van der Waals surface area (Å²) in [7, 11) is 1.52. The van der Waals surface area contributed by atoms with Gasteiger partial charge in [0.05, 0.1) is 23.1 Å². The highest BCUT2D eigenvalue weighted by Crippen LogP contribution is 2.24. The third kappa shape index (κ3) is 2.37. The summed E-state index contributed by atoms with van der Waals surface area (Å²) in [6.07, 6.45) is 1.29. The predicted molar refractivity (Wildman–Crippen MR) is 66.9 cm³/mol. The first-order valence-electron chi connectivity index (χ1n) is 5.27. The minimum atomic E-state index is -1.08. The lowest BCUT2D eigenvalue weighted by atomic mass is 10.1. The zero-order chi connectivity index (χ0) is 14.0. The van der Waals surface area contributed by atoms with Crippen molar-refractivity contribution in [1.82, 2.24) is 15.4 Å². The highest BCUT2D eigenvalue weighted by molar-refractivity contribution is 6.06. The minimum absolute atomic E-state index is 0.0588. The zero-order valence-corrected chi connectivity index (χ0v) is 9.99. The maximum atomic E-state index is 12.0. The van der Waals surface area contributed by atoms with Crippen LogP contribution < -0.4 is 10.6 Å². The van der Waals surface area contributed by atoms with Crippen molar-refractivity contribution in [3.8, 4) is 0 Å². The lowest BCUT2D eigenvalue weighted by Gasteiger charge is -2.18. The van der Waals surface area contributed by atoms with Crippen LogP contribution in [0.2, 0.25) is 0 Å². The molecule has 19 heavy (non-hydrogen) atoms. The second-order valence-electron chi connectivity index (χ2n) is 3.80. The van der Waals surface area contributed by atoms with Crippen LogP contribution in [-0.2, 0) is 0 Å². The average molecular weight is 261 g/mol. The van der Waals surface area contributed by atoms with Crippen molar-refractivity contribution in [2.75, 3.05) is 17.7 Å². The summed E-state index contributed by atoms with van der Waals surface area (Å²) in [4.78, 5) is 24.1. The first kappa shape index (κ1) is 12.6. The molecule has 0 unspecified atom stereocenters. The van der Waals surface area contributed by atoms with E-state index in [0.29, 0.717) is 5.69 Å². The molecule has 0 bridgehead atoms. The molecule has 0 radical (unpaired) electrons. The number of H-pyrrole nitrogens is 1. The van der Waals surface area contributed by atoms with E-state index in [0.717, 1.165) is 0 Å². The molecule has 1 heterocycles. The summed E-state index contributed by atoms with van der Waals surface area (Å²) < 4.78 is 0. The lowest BCUT2D eigenvalue weighted by Crippen LogP contribution is -2.27. The third-order valence-electron chi connectivity index (χ3n) is 2.57. The maximum absolute atomic E-state index is 12.0. The van der Waals surface area contributed by atoms with Crippen molar-refractivity contribution in [3.63, 3.8) is 0 Å². The van der Waals surface area contributed by atoms with Gasteiger partial charge in [-0.25, -0.2) is 4.79 Å². The van der Waals surface area contributed by atoms with Crippen LogP contribution in [0.1, 0.15) is 20.8 Å². The van der Waals surface area contributed by atoms with Crippen molar-refractivity contribution in [2.24, 2.45) is 0 Å². The molecule has 8 heteroatoms. The Morgan fingerprint density at radius 3 is 2.68 bits per heavy atom. The molecule has 1 aromatic heterocycles. The fourth-order valence-electron chi connectivity index (χ4n) is 1.58. The second kappa shape index (κ2) is 4.77. The number of amides is 1. The van der Waals surface area contributed by atoms with Crippen LogP contribution >= 0.6 is 0 Å². The summed E-state index contributed by atoms with van der Waals surface area (Å²) in [5.41, 5.74) is 6.55. The third-order valence-corrected chi connectivity index (χ3v) is 2.57. The van der Waals surface area contributed by atoms with Crippen molar-refractivity contribution in [2.45, 2.75) is 0 Å². The van der Waals surface area contributed by atoms with E-state index in [1.165, 1.54) is 36.3 Å². The maximum Gasteiger partial charge on any atom is 0.335 e. The van der Waals surface area contributed by atoms with Gasteiger partial charge >= 0.3 is 5.97 Å². The first-order chi connectivity index (χ1) is 9.00. The fraction of sp³-hybridized carbons (Fsp3) is 0.0909. The number of nitrogens with two attached hydrogens (primary N) is 1. The van der Waals surface area contributed by atoms with Gasteiger partial charge in [-0.15, -0.1) is 0 Å². The van der Waals surface area contributed by atoms with E-state index in [-0.39, 0.29) is 16.9 Å². The van der Waals surface area contributed by atoms with Crippen LogP contribution in [0.3, 0.4) is 0 Å². The number of carbonyl (C=O) groups excluding carboxylic acids is 1. The number of aromatic carboxylic acids is 1. The molecule has 0 aliphatic carbocycles. The van der Waals surface area contributed by atoms with Crippen molar-refractivity contribution in [1.29, 1.82) is 0 Å². The number of aromatic nitrogens is 3. The molecular weight excluding hydrogens is 250 g/mol. The van der Waals surface area contributed by atoms with E-state index in [2.05, 4.69) is 15.4 Å². The van der Waals surface area contributed by atoms with Gasteiger partial charge in [0.15, 0.2) is 5.69 Å². The SMILES string of the molecule is CN(C(=O)c1cn[nH]n1)c1ccc(C(=O)O)cc1N. The lowest BCUT2D eigenvalue weighted by molar-refractivity contribution is 0.0697. The molecule has 0 atom stereocenters. The summed E-state index contributed by atoms with van der Waals surface area (Å²) in [5.74, 6) is -1.48. The molecule has 0 saturated heterocycles. The van der Waals surface area contributed by atoms with Crippen molar-refractivity contribution < 1.29 is 14.7 Å². The topological polar surface area (TPSA) is 125 Å². The molecule has 0 spiro atoms. The van der Waals surface area contributed by atoms with Gasteiger partial charge in [0.1, 0.15) is 0 Å². The standard InChI is InChI=1S/C11H11N5O3/c1-16(10(17)8-5-13-15-14-8)9-3-2-6(11(18)19)4-7(9)12/h2-5H,12H2,1H3,(H,18,19)(H,13,14,15). The number of rotatable bonds is 3. The van der Waals surface area contributed by atoms with Gasteiger partial charge in [-0.2, -0.15) is 15.4 Å². The summed E-state index contributed by atoms with van der Waals surface area (Å²) >= 11 is 0. The second-order valence-corrected chi connectivity index (χ2v) is 3.80. The first-order valence-corrected chi connectivity index (χ1v) is 5.27. The molecule has 1 aromatic carbocycles. The smallest absolute Gasteiger partial charge is 0.335 e. The van der Waals surface area contributed by atoms with Gasteiger partial charge in [-0.1, -0.05) is 0 Å². The number of carbonyl (C=O) groups is 2. The quantitative estimate of drug-likeness (QED) is 0.685. The number of carboxylic acid groups (broad SMARTS) is 1. The Kier molecular flexibility index (Phi) is 3.15. The number of hydrogen-bond donors (Lipinski definition) is 3. The van der Waals surface area contributed by atoms with E-state index in [1.54, 1.807) is 0 Å². The molecule has 0 aliphatic heterocycles. The highest BCUT2D eigenvalue weighted by atomic mass is 16.4. The van der Waals surface area contributed by atoms with E-state index in [1.807, 2.05) is 0 Å². The average Bonchev–Trinajstić information content (AvgIpc) is 2.90. The van der Waals surface area contributed by atoms with Gasteiger partial charge in [0.25, 0.3) is 5.91 Å². The Bertz CT molecular complexity index is 623. The fourth-order valence-corrected chi connectivity index (χ4v) is 1.58. The molecule has 2 aromatic rings. The molecule has 4 N–H and O–H groups in total. The van der Waals surface area contributed by atoms with Gasteiger partial charge in [0.2, 0.25) is 0 Å². The summed E-state index contributed by atoms with van der Waals surface area (Å²) in [5, 5.41) is 18.4. The summed E-state index contributed by atoms with van der Waals surface area (Å²) in [6, 6.07) is 4.14. The molecule has 2 rings (SSSR count). The molecule has 1 amide bonds. The van der Waals surface area contributed by atoms with Gasteiger partial charge in [0, 0.05) is 7.05 Å². The Labute approximate surface area is 107 Å². The predicted octanol–water partition coefficient (Wildman–Crippen LogP) is 0.362.